The number of aryl methyl sites for hydroxylation is 1. The number of rotatable bonds is 10. The highest BCUT2D eigenvalue weighted by Gasteiger charge is 2.27. The lowest BCUT2D eigenvalue weighted by Gasteiger charge is -2.35. The zero-order chi connectivity index (χ0) is 33.8. The summed E-state index contributed by atoms with van der Waals surface area (Å²) in [4.78, 5) is 21.1. The van der Waals surface area contributed by atoms with Crippen LogP contribution in [-0.4, -0.2) is 71.4 Å². The second kappa shape index (κ2) is 15.1. The Morgan fingerprint density at radius 1 is 1.02 bits per heavy atom. The van der Waals surface area contributed by atoms with Crippen LogP contribution in [0.5, 0.6) is 5.75 Å². The van der Waals surface area contributed by atoms with Gasteiger partial charge in [-0.2, -0.15) is 9.19 Å². The molecule has 0 aliphatic carbocycles. The van der Waals surface area contributed by atoms with Crippen LogP contribution < -0.4 is 4.74 Å². The van der Waals surface area contributed by atoms with E-state index in [1.165, 1.54) is 9.65 Å². The van der Waals surface area contributed by atoms with Gasteiger partial charge in [-0.05, 0) is 95.8 Å². The lowest BCUT2D eigenvalue weighted by Crippen LogP contribution is -2.49. The summed E-state index contributed by atoms with van der Waals surface area (Å²) in [5.41, 5.74) is 5.51. The van der Waals surface area contributed by atoms with E-state index in [4.69, 9.17) is 19.6 Å². The van der Waals surface area contributed by atoms with Crippen LogP contribution in [0.25, 0.3) is 33.5 Å². The first-order valence-electron chi connectivity index (χ1n) is 15.8. The predicted molar refractivity (Wildman–Crippen MR) is 199 cm³/mol. The Hall–Kier alpha value is -3.26. The SMILES string of the molecule is CCc1cc(OCc2ccccc2)ccc1-c1ccc2c(-c3nc(CN4CCN(C(=O)OC(C)(C)C)CC4)nn3SF)nn(PI)c2c1. The molecule has 10 nitrogen and oxygen atoms in total. The Labute approximate surface area is 299 Å². The number of ether oxygens (including phenoxy) is 2. The van der Waals surface area contributed by atoms with Gasteiger partial charge < -0.3 is 14.4 Å². The van der Waals surface area contributed by atoms with Crippen LogP contribution >= 0.6 is 40.7 Å². The molecule has 5 aromatic rings. The maximum Gasteiger partial charge on any atom is 0.410 e. The number of halogens is 2. The molecule has 14 heteroatoms. The molecular weight excluding hydrogens is 763 g/mol. The first-order valence-corrected chi connectivity index (χ1v) is 20.5. The summed E-state index contributed by atoms with van der Waals surface area (Å²) >= 11 is 2.32. The fraction of sp³-hybridized carbons (Fsp3) is 0.353. The number of fused-ring (bicyclic) bond motifs is 1. The van der Waals surface area contributed by atoms with Crippen LogP contribution in [0.3, 0.4) is 0 Å². The molecule has 1 unspecified atom stereocenters. The van der Waals surface area contributed by atoms with Gasteiger partial charge >= 0.3 is 6.09 Å². The van der Waals surface area contributed by atoms with E-state index in [-0.39, 0.29) is 18.4 Å². The summed E-state index contributed by atoms with van der Waals surface area (Å²) in [6.07, 6.45) is 0.875. The molecule has 0 N–H and O–H groups in total. The summed E-state index contributed by atoms with van der Waals surface area (Å²) in [6, 6.07) is 22.7. The van der Waals surface area contributed by atoms with Gasteiger partial charge in [0, 0.05) is 31.6 Å². The standard InChI is InChI=1S/C34H38FIN7O3PS/c1-5-24-19-26(45-22-23-9-7-6-8-10-23)12-14-27(24)25-11-13-28-29(20-25)42(47-36)39-31(28)32-37-30(38-43(32)48-35)21-40-15-17-41(18-16-40)33(44)46-34(2,3)4/h6-14,19-20,47H,5,15-18,21-22H2,1-4H3. The van der Waals surface area contributed by atoms with Gasteiger partial charge in [0.15, 0.2) is 24.0 Å². The van der Waals surface area contributed by atoms with Crippen molar-refractivity contribution in [2.75, 3.05) is 26.2 Å². The van der Waals surface area contributed by atoms with E-state index in [2.05, 4.69) is 75.4 Å². The van der Waals surface area contributed by atoms with Gasteiger partial charge in [0.1, 0.15) is 23.7 Å². The van der Waals surface area contributed by atoms with Crippen LogP contribution in [0, 0.1) is 0 Å². The molecule has 1 aliphatic rings. The van der Waals surface area contributed by atoms with Gasteiger partial charge in [-0.3, -0.25) is 4.90 Å². The molecule has 48 heavy (non-hydrogen) atoms. The molecule has 1 fully saturated rings. The van der Waals surface area contributed by atoms with Crippen molar-refractivity contribution in [3.05, 3.63) is 83.7 Å². The zero-order valence-corrected chi connectivity index (χ0v) is 31.3. The van der Waals surface area contributed by atoms with Crippen molar-refractivity contribution in [2.45, 2.75) is 52.9 Å². The Morgan fingerprint density at radius 3 is 2.48 bits per heavy atom. The number of carbonyl (C=O) groups is 1. The van der Waals surface area contributed by atoms with Gasteiger partial charge in [0.2, 0.25) is 0 Å². The van der Waals surface area contributed by atoms with E-state index >= 15 is 0 Å². The number of aromatic nitrogens is 5. The molecule has 3 aromatic carbocycles. The van der Waals surface area contributed by atoms with Crippen LogP contribution in [0.2, 0.25) is 0 Å². The minimum Gasteiger partial charge on any atom is -0.489 e. The highest BCUT2D eigenvalue weighted by atomic mass is 127. The third kappa shape index (κ3) is 7.96. The van der Waals surface area contributed by atoms with Crippen molar-refractivity contribution in [3.63, 3.8) is 0 Å². The van der Waals surface area contributed by atoms with Crippen molar-refractivity contribution in [3.8, 4) is 28.4 Å². The Kier molecular flexibility index (Phi) is 10.9. The van der Waals surface area contributed by atoms with Gasteiger partial charge in [-0.15, -0.1) is 8.98 Å². The Balaban J connectivity index is 1.21. The summed E-state index contributed by atoms with van der Waals surface area (Å²) < 4.78 is 29.0. The summed E-state index contributed by atoms with van der Waals surface area (Å²) in [7, 11) is 0. The first kappa shape index (κ1) is 34.6. The monoisotopic (exact) mass is 801 g/mol. The molecule has 2 aromatic heterocycles. The van der Waals surface area contributed by atoms with Crippen molar-refractivity contribution in [1.82, 2.24) is 33.5 Å². The van der Waals surface area contributed by atoms with E-state index in [9.17, 15) is 8.68 Å². The fourth-order valence-corrected chi connectivity index (χ4v) is 7.54. The number of amides is 1. The smallest absolute Gasteiger partial charge is 0.410 e. The van der Waals surface area contributed by atoms with E-state index in [1.807, 2.05) is 55.6 Å². The van der Waals surface area contributed by atoms with Crippen molar-refractivity contribution >= 4 is 57.7 Å². The lowest BCUT2D eigenvalue weighted by molar-refractivity contribution is 0.0137. The minimum atomic E-state index is -0.538. The average Bonchev–Trinajstić information content (AvgIpc) is 3.67. The summed E-state index contributed by atoms with van der Waals surface area (Å²) in [5, 5.41) is 10.2. The van der Waals surface area contributed by atoms with E-state index in [1.54, 1.807) is 4.90 Å². The molecule has 0 bridgehead atoms. The minimum absolute atomic E-state index is 0.0112. The predicted octanol–water partition coefficient (Wildman–Crippen LogP) is 8.33. The van der Waals surface area contributed by atoms with Crippen molar-refractivity contribution in [1.29, 1.82) is 0 Å². The van der Waals surface area contributed by atoms with Gasteiger partial charge in [0.05, 0.1) is 18.4 Å². The maximum absolute atomic E-state index is 14.2. The van der Waals surface area contributed by atoms with Crippen LogP contribution in [-0.2, 0) is 24.3 Å². The number of piperazine rings is 1. The molecule has 6 rings (SSSR count). The quantitative estimate of drug-likeness (QED) is 0.103. The van der Waals surface area contributed by atoms with E-state index < -0.39 is 5.60 Å². The second-order valence-corrected chi connectivity index (χ2v) is 15.1. The summed E-state index contributed by atoms with van der Waals surface area (Å²) in [5.74, 6) is 1.70. The van der Waals surface area contributed by atoms with E-state index in [0.29, 0.717) is 63.0 Å². The molecule has 0 radical (unpaired) electrons. The van der Waals surface area contributed by atoms with Crippen LogP contribution in [0.1, 0.15) is 44.6 Å². The summed E-state index contributed by atoms with van der Waals surface area (Å²) in [6.45, 7) is 11.0. The average molecular weight is 802 g/mol. The molecule has 1 aliphatic heterocycles. The highest BCUT2D eigenvalue weighted by Crippen LogP contribution is 2.38. The largest absolute Gasteiger partial charge is 0.489 e. The number of carbonyl (C=O) groups excluding carboxylic acids is 1. The lowest BCUT2D eigenvalue weighted by atomic mass is 9.97. The Morgan fingerprint density at radius 2 is 1.79 bits per heavy atom. The maximum atomic E-state index is 14.2. The molecular formula is C34H38FIN7O3PS. The Bertz CT molecular complexity index is 1890. The number of nitrogens with zero attached hydrogens (tertiary/aromatic N) is 7. The number of benzene rings is 3. The van der Waals surface area contributed by atoms with Crippen molar-refractivity contribution < 1.29 is 18.2 Å². The number of hydrogen-bond donors (Lipinski definition) is 0. The third-order valence-corrected chi connectivity index (χ3v) is 10.3. The molecule has 0 saturated carbocycles. The van der Waals surface area contributed by atoms with E-state index in [0.717, 1.165) is 39.8 Å². The molecule has 1 saturated heterocycles. The van der Waals surface area contributed by atoms with Gasteiger partial charge in [-0.25, -0.2) is 14.2 Å². The zero-order valence-electron chi connectivity index (χ0n) is 27.3. The molecule has 0 spiro atoms. The molecule has 3 heterocycles. The second-order valence-electron chi connectivity index (χ2n) is 12.6. The fourth-order valence-electron chi connectivity index (χ4n) is 5.70. The molecule has 1 atom stereocenters. The highest BCUT2D eigenvalue weighted by molar-refractivity contribution is 14.2. The van der Waals surface area contributed by atoms with Gasteiger partial charge in [-0.1, -0.05) is 49.4 Å². The normalized spacial score (nSPS) is 14.3. The van der Waals surface area contributed by atoms with Crippen molar-refractivity contribution in [2.24, 2.45) is 0 Å². The molecule has 252 valence electrons. The van der Waals surface area contributed by atoms with Crippen LogP contribution in [0.4, 0.5) is 8.68 Å². The topological polar surface area (TPSA) is 90.5 Å². The first-order chi connectivity index (χ1) is 23.1. The molecule has 1 amide bonds. The number of hydrogen-bond acceptors (Lipinski definition) is 8. The van der Waals surface area contributed by atoms with Crippen LogP contribution in [0.15, 0.2) is 66.7 Å². The van der Waals surface area contributed by atoms with Gasteiger partial charge in [0.25, 0.3) is 0 Å². The third-order valence-electron chi connectivity index (χ3n) is 8.07.